The number of nitrogens with one attached hydrogen (secondary N) is 12. The molecule has 107 heavy (non-hydrogen) atoms. The molecule has 586 valence electrons. The van der Waals surface area contributed by atoms with E-state index in [-0.39, 0.29) is 76.0 Å². The molecule has 1 fully saturated rings. The third-order valence-corrected chi connectivity index (χ3v) is 17.8. The molecule has 6 rings (SSSR count). The maximum absolute atomic E-state index is 14.7. The van der Waals surface area contributed by atoms with Gasteiger partial charge in [0.15, 0.2) is 0 Å². The molecule has 2 aromatic carbocycles. The van der Waals surface area contributed by atoms with E-state index in [2.05, 4.69) is 78.4 Å². The number of aliphatic hydroxyl groups excluding tert-OH is 1. The molecule has 3 aromatic heterocycles. The highest BCUT2D eigenvalue weighted by molar-refractivity contribution is 6.58. The molecule has 9 atom stereocenters. The van der Waals surface area contributed by atoms with Crippen molar-refractivity contribution in [1.82, 2.24) is 88.0 Å². The molecule has 0 spiro atoms. The number of carbonyl (C=O) groups is 12. The lowest BCUT2D eigenvalue weighted by Crippen LogP contribution is -2.60. The number of aliphatic hydroxyl groups is 1. The molecular weight excluding hydrogens is 1390 g/mol. The third-order valence-electron chi connectivity index (χ3n) is 17.8. The molecule has 0 saturated carbocycles. The standard InChI is InChI=1S/C70H104BF3N20O13/c1-40(2)25-52(57(95)30-59(97)83-53(64(76)101)26-41(3)4)87-69(106)56(29-47-32-77-39-80-47)84-60(98)33-79-70(107)63(42(5)6)89-65(102)43(7)81-67(104)55(28-45-31-78-50-18-14-13-17-49(45)50)88-66(103)51(19-20-58(75)96)86-68(105)54(27-44-15-11-10-12-16-44)85-61(99)35-92-23-21-46(22-24-92)82-62(100)36-93-34-48(90-91-93)37-94(8,9)38-71(72,73)74/h10-18,31-32,34,39-43,46,51-57,63,78,95H,19-30,33,35-38H2,1-9H3,(H2,75,96)(H2,76,101)(H,77,80)(H,79,107)(H,81,104)(H,82,100)(H,83,97)(H,84,98)(H,85,99)(H,86,105)(H,87,106)(H,88,103)(H,89,102)/t43-,51-,52-,53-,54+,55-,56-,57-,63-/m0/s1/i72-2. The lowest BCUT2D eigenvalue weighted by molar-refractivity contribution is -0.895. The zero-order valence-corrected chi connectivity index (χ0v) is 61.9. The van der Waals surface area contributed by atoms with Crippen LogP contribution in [0.25, 0.3) is 10.9 Å². The van der Waals surface area contributed by atoms with Crippen molar-refractivity contribution < 1.29 is 80.1 Å². The predicted molar refractivity (Wildman–Crippen MR) is 388 cm³/mol. The van der Waals surface area contributed by atoms with Gasteiger partial charge in [0, 0.05) is 73.8 Å². The van der Waals surface area contributed by atoms with Crippen LogP contribution in [0.4, 0.5) is 12.9 Å². The third kappa shape index (κ3) is 29.5. The second-order valence-electron chi connectivity index (χ2n) is 29.3. The Morgan fingerprint density at radius 2 is 1.28 bits per heavy atom. The van der Waals surface area contributed by atoms with E-state index in [0.717, 1.165) is 0 Å². The fraction of sp³-hybridized carbons (Fsp3) is 0.557. The minimum absolute atomic E-state index is 0.0112. The van der Waals surface area contributed by atoms with Gasteiger partial charge in [0.05, 0.1) is 64.7 Å². The minimum Gasteiger partial charge on any atom is -0.445 e. The summed E-state index contributed by atoms with van der Waals surface area (Å²) in [6.07, 6.45) is 3.12. The second-order valence-corrected chi connectivity index (χ2v) is 29.3. The number of benzene rings is 2. The number of imidazole rings is 1. The van der Waals surface area contributed by atoms with Crippen LogP contribution in [-0.2, 0) is 89.9 Å². The van der Waals surface area contributed by atoms with Gasteiger partial charge in [0.1, 0.15) is 61.1 Å². The van der Waals surface area contributed by atoms with Gasteiger partial charge in [-0.2, -0.15) is 0 Å². The van der Waals surface area contributed by atoms with E-state index in [4.69, 9.17) is 11.5 Å². The van der Waals surface area contributed by atoms with Gasteiger partial charge < -0.3 is 97.1 Å². The quantitative estimate of drug-likeness (QED) is 0.0165. The number of fused-ring (bicyclic) bond motifs is 1. The Labute approximate surface area is 618 Å². The number of rotatable bonds is 43. The highest BCUT2D eigenvalue weighted by atomic mass is 19.3. The SMILES string of the molecule is CC(C)C[C@H](NC(=O)C[C@H](O)[C@H](CC(C)C)NC(=O)[C@H](Cc1cnc[nH]1)NC(=O)CNC(=O)[C@@H](NC(=O)[C@H](C)NC(=O)[C@H](Cc1c[nH]c2ccccc12)NC(=O)[C@H](CCC(N)=O)NC(=O)[C@@H](Cc1ccccc1)NC(=O)CN1CCC(NC(=O)Cn2cc(C[N+](C)(C)C[B-](F)(F)[17F])nn2)CC1)C(C)C)C(N)=O. The molecule has 0 bridgehead atoms. The topological polar surface area (TPSA) is 476 Å². The van der Waals surface area contributed by atoms with Crippen molar-refractivity contribution >= 4 is 88.8 Å². The second kappa shape index (κ2) is 40.4. The molecule has 1 saturated heterocycles. The van der Waals surface area contributed by atoms with Crippen molar-refractivity contribution in [2.75, 3.05) is 46.7 Å². The number of aromatic nitrogens is 6. The zero-order valence-electron chi connectivity index (χ0n) is 61.9. The van der Waals surface area contributed by atoms with E-state index in [1.54, 1.807) is 74.6 Å². The molecule has 4 heterocycles. The summed E-state index contributed by atoms with van der Waals surface area (Å²) in [7, 11) is 2.86. The van der Waals surface area contributed by atoms with Crippen LogP contribution in [0.2, 0.25) is 0 Å². The number of piperidine rings is 1. The van der Waals surface area contributed by atoms with Crippen LogP contribution in [-0.4, -0.2) is 229 Å². The smallest absolute Gasteiger partial charge is 0.445 e. The molecule has 0 aliphatic carbocycles. The zero-order chi connectivity index (χ0) is 78.9. The number of H-pyrrole nitrogens is 2. The minimum atomic E-state index is -5.05. The summed E-state index contributed by atoms with van der Waals surface area (Å²) >= 11 is 0. The van der Waals surface area contributed by atoms with Gasteiger partial charge in [-0.15, -0.1) is 5.10 Å². The normalized spacial score (nSPS) is 15.5. The largest absolute Gasteiger partial charge is 0.531 e. The van der Waals surface area contributed by atoms with E-state index >= 15 is 0 Å². The summed E-state index contributed by atoms with van der Waals surface area (Å²) in [6, 6.07) is 5.19. The number of carbonyl (C=O) groups excluding carboxylic acids is 12. The first kappa shape index (κ1) is 85.6. The highest BCUT2D eigenvalue weighted by Gasteiger charge is 2.37. The van der Waals surface area contributed by atoms with E-state index in [1.807, 2.05) is 32.6 Å². The Kier molecular flexibility index (Phi) is 32.4. The maximum Gasteiger partial charge on any atom is 0.531 e. The Bertz CT molecular complexity index is 3830. The van der Waals surface area contributed by atoms with Crippen LogP contribution in [0.3, 0.4) is 0 Å². The van der Waals surface area contributed by atoms with Crippen LogP contribution in [0, 0.1) is 17.8 Å². The molecule has 17 N–H and O–H groups in total. The maximum atomic E-state index is 14.7. The molecule has 1 aliphatic rings. The number of nitrogens with two attached hydrogens (primary N) is 2. The van der Waals surface area contributed by atoms with Gasteiger partial charge in [-0.05, 0) is 74.0 Å². The Morgan fingerprint density at radius 1 is 0.673 bits per heavy atom. The average molecular weight is 1500 g/mol. The number of para-hydroxylation sites is 1. The number of hydrogen-bond acceptors (Lipinski definition) is 17. The summed E-state index contributed by atoms with van der Waals surface area (Å²) in [6.45, 7) is 6.48. The van der Waals surface area contributed by atoms with E-state index < -0.39 is 169 Å². The first-order chi connectivity index (χ1) is 50.4. The van der Waals surface area contributed by atoms with Gasteiger partial charge in [-0.1, -0.05) is 95.3 Å². The number of halogens is 3. The number of primary amides is 2. The van der Waals surface area contributed by atoms with Gasteiger partial charge in [0.25, 0.3) is 0 Å². The van der Waals surface area contributed by atoms with E-state index in [1.165, 1.54) is 44.4 Å². The van der Waals surface area contributed by atoms with E-state index in [9.17, 15) is 75.6 Å². The van der Waals surface area contributed by atoms with Crippen molar-refractivity contribution in [3.05, 3.63) is 102 Å². The molecule has 5 aromatic rings. The van der Waals surface area contributed by atoms with Crippen molar-refractivity contribution in [3.8, 4) is 0 Å². The summed E-state index contributed by atoms with van der Waals surface area (Å²) in [5.74, 6) is -9.83. The van der Waals surface area contributed by atoms with Crippen molar-refractivity contribution in [2.24, 2.45) is 29.2 Å². The fourth-order valence-electron chi connectivity index (χ4n) is 12.5. The molecular formula is C70H104BF3N20O13. The van der Waals surface area contributed by atoms with Crippen molar-refractivity contribution in [2.45, 2.75) is 186 Å². The van der Waals surface area contributed by atoms with Gasteiger partial charge in [-0.25, -0.2) is 9.67 Å². The van der Waals surface area contributed by atoms with Crippen LogP contribution in [0.15, 0.2) is 79.5 Å². The predicted octanol–water partition coefficient (Wildman–Crippen LogP) is -0.981. The number of likely N-dealkylation sites (tertiary alicyclic amines) is 1. The summed E-state index contributed by atoms with van der Waals surface area (Å²) in [5, 5.41) is 46.6. The number of aromatic amines is 2. The number of hydrogen-bond donors (Lipinski definition) is 15. The fourth-order valence-corrected chi connectivity index (χ4v) is 12.5. The van der Waals surface area contributed by atoms with Crippen LogP contribution >= 0.6 is 0 Å². The lowest BCUT2D eigenvalue weighted by atomic mass is 9.88. The molecule has 37 heteroatoms. The summed E-state index contributed by atoms with van der Waals surface area (Å²) in [4.78, 5) is 176. The summed E-state index contributed by atoms with van der Waals surface area (Å²) < 4.78 is 40.4. The number of amides is 12. The molecule has 33 nitrogen and oxygen atoms in total. The van der Waals surface area contributed by atoms with Crippen molar-refractivity contribution in [3.63, 3.8) is 0 Å². The lowest BCUT2D eigenvalue weighted by Gasteiger charge is -2.33. The Hall–Kier alpha value is -10.3. The molecule has 0 radical (unpaired) electrons. The van der Waals surface area contributed by atoms with Gasteiger partial charge in [-0.3, -0.25) is 62.4 Å². The molecule has 1 aliphatic heterocycles. The summed E-state index contributed by atoms with van der Waals surface area (Å²) in [5.41, 5.74) is 13.7. The van der Waals surface area contributed by atoms with Crippen LogP contribution in [0.1, 0.15) is 116 Å². The van der Waals surface area contributed by atoms with Crippen molar-refractivity contribution in [1.29, 1.82) is 0 Å². The Morgan fingerprint density at radius 3 is 1.92 bits per heavy atom. The molecule has 12 amide bonds. The first-order valence-corrected chi connectivity index (χ1v) is 35.8. The Balaban J connectivity index is 1.09. The van der Waals surface area contributed by atoms with Gasteiger partial charge in [0.2, 0.25) is 70.9 Å². The first-order valence-electron chi connectivity index (χ1n) is 35.8. The number of nitrogens with zero attached hydrogens (tertiary/aromatic N) is 6. The average Bonchev–Trinajstić information content (AvgIpc) is 1.71. The number of quaternary nitrogens is 1. The van der Waals surface area contributed by atoms with E-state index in [0.29, 0.717) is 59.3 Å². The molecule has 0 unspecified atom stereocenters. The van der Waals surface area contributed by atoms with Gasteiger partial charge >= 0.3 is 6.98 Å². The highest BCUT2D eigenvalue weighted by Crippen LogP contribution is 2.22. The van der Waals surface area contributed by atoms with Crippen LogP contribution in [0.5, 0.6) is 0 Å². The monoisotopic (exact) mass is 1500 g/mol. The van der Waals surface area contributed by atoms with Crippen LogP contribution < -0.4 is 64.6 Å².